The van der Waals surface area contributed by atoms with Gasteiger partial charge in [0.15, 0.2) is 0 Å². The van der Waals surface area contributed by atoms with Crippen LogP contribution in [0.15, 0.2) is 24.4 Å². The Kier molecular flexibility index (Phi) is 4.94. The molecule has 3 aliphatic heterocycles. The maximum Gasteiger partial charge on any atom is 0.142 e. The van der Waals surface area contributed by atoms with E-state index < -0.39 is 0 Å². The number of nitrogens with zero attached hydrogens (tertiary/aromatic N) is 5. The molecule has 0 radical (unpaired) electrons. The summed E-state index contributed by atoms with van der Waals surface area (Å²) in [4.78, 5) is 5.02. The number of rotatable bonds is 3. The summed E-state index contributed by atoms with van der Waals surface area (Å²) in [6.45, 7) is 9.60. The van der Waals surface area contributed by atoms with Crippen LogP contribution in [0.1, 0.15) is 31.9 Å². The molecule has 3 aliphatic rings. The zero-order valence-corrected chi connectivity index (χ0v) is 17.2. The van der Waals surface area contributed by atoms with Crippen LogP contribution in [0.3, 0.4) is 0 Å². The second-order valence-electron chi connectivity index (χ2n) is 9.08. The summed E-state index contributed by atoms with van der Waals surface area (Å²) in [5.74, 6) is 0. The Morgan fingerprint density at radius 1 is 1.31 bits per heavy atom. The van der Waals surface area contributed by atoms with E-state index in [2.05, 4.69) is 39.3 Å². The number of likely N-dealkylation sites (tertiary alicyclic amines) is 1. The van der Waals surface area contributed by atoms with Crippen molar-refractivity contribution in [3.8, 4) is 6.07 Å². The average Bonchev–Trinajstić information content (AvgIpc) is 3.35. The Morgan fingerprint density at radius 3 is 3.07 bits per heavy atom. The second-order valence-corrected chi connectivity index (χ2v) is 9.08. The molecule has 3 atom stereocenters. The summed E-state index contributed by atoms with van der Waals surface area (Å²) in [7, 11) is 0. The molecule has 7 nitrogen and oxygen atoms in total. The van der Waals surface area contributed by atoms with Gasteiger partial charge in [-0.1, -0.05) is 0 Å². The second kappa shape index (κ2) is 7.60. The van der Waals surface area contributed by atoms with E-state index >= 15 is 0 Å². The van der Waals surface area contributed by atoms with Crippen molar-refractivity contribution in [3.63, 3.8) is 0 Å². The van der Waals surface area contributed by atoms with Crippen molar-refractivity contribution >= 4 is 11.2 Å². The normalized spacial score (nSPS) is 30.8. The molecule has 7 heteroatoms. The molecule has 5 rings (SSSR count). The smallest absolute Gasteiger partial charge is 0.142 e. The molecule has 2 aromatic heterocycles. The highest BCUT2D eigenvalue weighted by molar-refractivity contribution is 5.74. The first-order chi connectivity index (χ1) is 14.2. The molecule has 1 unspecified atom stereocenters. The van der Waals surface area contributed by atoms with Crippen molar-refractivity contribution in [2.45, 2.75) is 38.4 Å². The first-order valence-electron chi connectivity index (χ1n) is 10.9. The van der Waals surface area contributed by atoms with Crippen molar-refractivity contribution in [2.24, 2.45) is 5.41 Å². The van der Waals surface area contributed by atoms with Gasteiger partial charge < -0.3 is 19.9 Å². The maximum absolute atomic E-state index is 9.35. The number of aromatic nitrogens is 2. The number of pyridine rings is 1. The number of nitrogens with one attached hydrogen (secondary N) is 1. The molecule has 0 saturated carbocycles. The highest BCUT2D eigenvalue weighted by Crippen LogP contribution is 2.37. The van der Waals surface area contributed by atoms with E-state index in [0.717, 1.165) is 30.8 Å². The third kappa shape index (κ3) is 3.61. The summed E-state index contributed by atoms with van der Waals surface area (Å²) in [6, 6.07) is 8.14. The van der Waals surface area contributed by atoms with Crippen LogP contribution in [0.25, 0.3) is 5.52 Å². The van der Waals surface area contributed by atoms with E-state index in [1.54, 1.807) is 10.7 Å². The lowest BCUT2D eigenvalue weighted by Gasteiger charge is -2.40. The monoisotopic (exact) mass is 394 g/mol. The number of anilines is 1. The van der Waals surface area contributed by atoms with Gasteiger partial charge in [0.2, 0.25) is 0 Å². The van der Waals surface area contributed by atoms with Crippen molar-refractivity contribution in [3.05, 3.63) is 30.1 Å². The van der Waals surface area contributed by atoms with E-state index in [0.29, 0.717) is 11.1 Å². The molecule has 0 aromatic carbocycles. The van der Waals surface area contributed by atoms with Crippen LogP contribution in [0.5, 0.6) is 0 Å². The molecule has 0 amide bonds. The van der Waals surface area contributed by atoms with Crippen LogP contribution in [-0.4, -0.2) is 72.5 Å². The predicted octanol–water partition coefficient (Wildman–Crippen LogP) is 1.88. The van der Waals surface area contributed by atoms with E-state index in [1.165, 1.54) is 45.4 Å². The highest BCUT2D eigenvalue weighted by Gasteiger charge is 2.40. The van der Waals surface area contributed by atoms with E-state index in [1.807, 2.05) is 12.1 Å². The van der Waals surface area contributed by atoms with Crippen LogP contribution < -0.4 is 10.2 Å². The van der Waals surface area contributed by atoms with Gasteiger partial charge in [-0.05, 0) is 62.9 Å². The predicted molar refractivity (Wildman–Crippen MR) is 112 cm³/mol. The van der Waals surface area contributed by atoms with Gasteiger partial charge in [0.25, 0.3) is 0 Å². The van der Waals surface area contributed by atoms with E-state index in [9.17, 15) is 5.26 Å². The minimum Gasteiger partial charge on any atom is -0.370 e. The van der Waals surface area contributed by atoms with Crippen molar-refractivity contribution in [2.75, 3.05) is 50.7 Å². The maximum atomic E-state index is 9.35. The molecular weight excluding hydrogens is 364 g/mol. The SMILES string of the molecule is C[C@@H]1CN(c2ccc(C#N)n3nccc23)C[C@H](CN2CCC3(CCCNC3)C2)O1. The fourth-order valence-corrected chi connectivity index (χ4v) is 5.55. The third-order valence-corrected chi connectivity index (χ3v) is 6.85. The van der Waals surface area contributed by atoms with Gasteiger partial charge in [-0.25, -0.2) is 4.52 Å². The van der Waals surface area contributed by atoms with Gasteiger partial charge in [0.05, 0.1) is 29.6 Å². The summed E-state index contributed by atoms with van der Waals surface area (Å²) in [5, 5.41) is 17.3. The van der Waals surface area contributed by atoms with E-state index in [4.69, 9.17) is 4.74 Å². The van der Waals surface area contributed by atoms with Gasteiger partial charge >= 0.3 is 0 Å². The van der Waals surface area contributed by atoms with Crippen LogP contribution in [0.4, 0.5) is 5.69 Å². The summed E-state index contributed by atoms with van der Waals surface area (Å²) in [6.07, 6.45) is 6.11. The van der Waals surface area contributed by atoms with Gasteiger partial charge in [-0.2, -0.15) is 10.4 Å². The largest absolute Gasteiger partial charge is 0.370 e. The zero-order valence-electron chi connectivity index (χ0n) is 17.2. The number of ether oxygens (including phenoxy) is 1. The van der Waals surface area contributed by atoms with Crippen LogP contribution in [-0.2, 0) is 4.74 Å². The summed E-state index contributed by atoms with van der Waals surface area (Å²) >= 11 is 0. The fourth-order valence-electron chi connectivity index (χ4n) is 5.55. The minimum atomic E-state index is 0.181. The number of fused-ring (bicyclic) bond motifs is 1. The topological polar surface area (TPSA) is 68.8 Å². The van der Waals surface area contributed by atoms with Crippen molar-refractivity contribution in [1.82, 2.24) is 19.8 Å². The molecule has 2 aromatic rings. The lowest BCUT2D eigenvalue weighted by atomic mass is 9.80. The Balaban J connectivity index is 1.30. The lowest BCUT2D eigenvalue weighted by Crippen LogP contribution is -2.51. The van der Waals surface area contributed by atoms with Gasteiger partial charge in [0.1, 0.15) is 11.8 Å². The van der Waals surface area contributed by atoms with Gasteiger partial charge in [-0.3, -0.25) is 0 Å². The zero-order chi connectivity index (χ0) is 19.8. The molecule has 1 N–H and O–H groups in total. The molecule has 0 aliphatic carbocycles. The lowest BCUT2D eigenvalue weighted by molar-refractivity contribution is -0.0308. The van der Waals surface area contributed by atoms with E-state index in [-0.39, 0.29) is 12.2 Å². The van der Waals surface area contributed by atoms with Crippen molar-refractivity contribution < 1.29 is 4.74 Å². The average molecular weight is 395 g/mol. The molecule has 29 heavy (non-hydrogen) atoms. The molecule has 154 valence electrons. The van der Waals surface area contributed by atoms with Gasteiger partial charge in [-0.15, -0.1) is 0 Å². The third-order valence-electron chi connectivity index (χ3n) is 6.85. The quantitative estimate of drug-likeness (QED) is 0.857. The Bertz CT molecular complexity index is 912. The van der Waals surface area contributed by atoms with Crippen molar-refractivity contribution in [1.29, 1.82) is 5.26 Å². The number of morpholine rings is 1. The standard InChI is InChI=1S/C22H30N6O/c1-17-12-27(20-4-3-18(11-23)28-21(20)5-9-25-28)14-19(29-17)13-26-10-7-22(16-26)6-2-8-24-15-22/h3-5,9,17,19,24H,2,6-8,10,12-16H2,1H3/t17-,19+,22?/m1/s1. The molecule has 3 fully saturated rings. The highest BCUT2D eigenvalue weighted by atomic mass is 16.5. The number of nitriles is 1. The summed E-state index contributed by atoms with van der Waals surface area (Å²) in [5.41, 5.74) is 3.17. The summed E-state index contributed by atoms with van der Waals surface area (Å²) < 4.78 is 8.08. The van der Waals surface area contributed by atoms with Crippen LogP contribution >= 0.6 is 0 Å². The molecule has 0 bridgehead atoms. The molecular formula is C22H30N6O. The fraction of sp³-hybridized carbons (Fsp3) is 0.636. The Labute approximate surface area is 172 Å². The first kappa shape index (κ1) is 18.9. The number of hydrogen-bond acceptors (Lipinski definition) is 6. The Hall–Kier alpha value is -2.14. The van der Waals surface area contributed by atoms with Crippen LogP contribution in [0, 0.1) is 16.7 Å². The molecule has 1 spiro atoms. The Morgan fingerprint density at radius 2 is 2.24 bits per heavy atom. The number of piperidine rings is 1. The first-order valence-corrected chi connectivity index (χ1v) is 10.9. The molecule has 5 heterocycles. The minimum absolute atomic E-state index is 0.181. The number of hydrogen-bond donors (Lipinski definition) is 1. The van der Waals surface area contributed by atoms with Gasteiger partial charge in [0, 0.05) is 32.7 Å². The molecule has 3 saturated heterocycles. The van der Waals surface area contributed by atoms with Crippen LogP contribution in [0.2, 0.25) is 0 Å².